The second kappa shape index (κ2) is 5.93. The molecule has 2 rings (SSSR count). The first kappa shape index (κ1) is 13.7. The van der Waals surface area contributed by atoms with Gasteiger partial charge in [-0.25, -0.2) is 0 Å². The molecule has 1 amide bonds. The Morgan fingerprint density at radius 1 is 1.37 bits per heavy atom. The molecule has 0 aliphatic carbocycles. The molecule has 0 bridgehead atoms. The van der Waals surface area contributed by atoms with E-state index in [2.05, 4.69) is 4.99 Å². The van der Waals surface area contributed by atoms with E-state index in [-0.39, 0.29) is 11.7 Å². The normalized spacial score (nSPS) is 19.7. The quantitative estimate of drug-likeness (QED) is 0.864. The van der Waals surface area contributed by atoms with Crippen molar-refractivity contribution in [2.75, 3.05) is 13.1 Å². The van der Waals surface area contributed by atoms with Crippen molar-refractivity contribution in [2.45, 2.75) is 13.8 Å². The molecule has 0 atom stereocenters. The molecule has 0 saturated carbocycles. The number of nitrogens with zero attached hydrogens (tertiary/aromatic N) is 2. The molecule has 100 valence electrons. The Morgan fingerprint density at radius 2 is 2.11 bits per heavy atom. The van der Waals surface area contributed by atoms with Gasteiger partial charge < -0.3 is 5.11 Å². The number of likely N-dealkylation sites (N-methyl/N-ethyl adjacent to an activating group) is 1. The van der Waals surface area contributed by atoms with Gasteiger partial charge in [-0.3, -0.25) is 14.7 Å². The van der Waals surface area contributed by atoms with Gasteiger partial charge in [-0.1, -0.05) is 18.2 Å². The van der Waals surface area contributed by atoms with E-state index in [1.54, 1.807) is 29.2 Å². The van der Waals surface area contributed by atoms with Crippen molar-refractivity contribution < 1.29 is 9.90 Å². The number of benzene rings is 1. The van der Waals surface area contributed by atoms with Crippen LogP contribution < -0.4 is 0 Å². The molecule has 1 aliphatic rings. The monoisotopic (exact) mass is 276 g/mol. The molecule has 1 N–H and O–H groups in total. The zero-order valence-corrected chi connectivity index (χ0v) is 11.8. The Balaban J connectivity index is 2.34. The Bertz CT molecular complexity index is 552. The van der Waals surface area contributed by atoms with Crippen LogP contribution in [0.25, 0.3) is 6.08 Å². The van der Waals surface area contributed by atoms with Crippen LogP contribution in [0, 0.1) is 0 Å². The van der Waals surface area contributed by atoms with Gasteiger partial charge in [0.25, 0.3) is 5.91 Å². The van der Waals surface area contributed by atoms with Gasteiger partial charge in [0.1, 0.15) is 5.75 Å². The molecular weight excluding hydrogens is 260 g/mol. The summed E-state index contributed by atoms with van der Waals surface area (Å²) < 4.78 is 0. The number of rotatable bonds is 3. The predicted octanol–water partition coefficient (Wildman–Crippen LogP) is 2.70. The van der Waals surface area contributed by atoms with Crippen molar-refractivity contribution in [3.05, 3.63) is 34.7 Å². The van der Waals surface area contributed by atoms with Crippen LogP contribution in [0.4, 0.5) is 0 Å². The lowest BCUT2D eigenvalue weighted by Crippen LogP contribution is -2.28. The first-order valence-electron chi connectivity index (χ1n) is 6.21. The van der Waals surface area contributed by atoms with E-state index in [1.807, 2.05) is 19.9 Å². The number of hydrogen-bond acceptors (Lipinski definition) is 4. The van der Waals surface area contributed by atoms with Gasteiger partial charge in [-0.2, -0.15) is 0 Å². The molecule has 0 unspecified atom stereocenters. The number of amides is 1. The Morgan fingerprint density at radius 3 is 2.74 bits per heavy atom. The van der Waals surface area contributed by atoms with Crippen molar-refractivity contribution >= 4 is 28.9 Å². The fourth-order valence-corrected chi connectivity index (χ4v) is 2.89. The number of aromatic hydroxyl groups is 1. The fraction of sp³-hybridized carbons (Fsp3) is 0.286. The number of phenolic OH excluding ortho intramolecular Hbond substituents is 1. The van der Waals surface area contributed by atoms with Crippen molar-refractivity contribution in [1.82, 2.24) is 4.90 Å². The zero-order chi connectivity index (χ0) is 13.8. The van der Waals surface area contributed by atoms with Crippen molar-refractivity contribution in [1.29, 1.82) is 0 Å². The van der Waals surface area contributed by atoms with Gasteiger partial charge in [0.05, 0.1) is 4.91 Å². The molecule has 1 heterocycles. The van der Waals surface area contributed by atoms with Crippen molar-refractivity contribution in [3.8, 4) is 5.75 Å². The maximum atomic E-state index is 12.2. The number of phenols is 1. The maximum absolute atomic E-state index is 12.2. The molecule has 1 saturated heterocycles. The molecule has 5 heteroatoms. The summed E-state index contributed by atoms with van der Waals surface area (Å²) in [6.45, 7) is 5.11. The number of carbonyl (C=O) groups excluding carboxylic acids is 1. The fourth-order valence-electron chi connectivity index (χ4n) is 1.79. The molecule has 1 aromatic carbocycles. The predicted molar refractivity (Wildman–Crippen MR) is 79.0 cm³/mol. The summed E-state index contributed by atoms with van der Waals surface area (Å²) in [5.41, 5.74) is 0.646. The van der Waals surface area contributed by atoms with E-state index in [9.17, 15) is 9.90 Å². The van der Waals surface area contributed by atoms with Crippen molar-refractivity contribution in [3.63, 3.8) is 0 Å². The number of amidine groups is 1. The van der Waals surface area contributed by atoms with Gasteiger partial charge in [0, 0.05) is 18.7 Å². The van der Waals surface area contributed by atoms with E-state index >= 15 is 0 Å². The highest BCUT2D eigenvalue weighted by Gasteiger charge is 2.31. The molecule has 0 spiro atoms. The minimum absolute atomic E-state index is 0.0528. The molecule has 4 nitrogen and oxygen atoms in total. The highest BCUT2D eigenvalue weighted by molar-refractivity contribution is 8.18. The van der Waals surface area contributed by atoms with Crippen LogP contribution in [0.1, 0.15) is 19.4 Å². The van der Waals surface area contributed by atoms with Crippen LogP contribution >= 0.6 is 11.8 Å². The minimum Gasteiger partial charge on any atom is -0.507 e. The van der Waals surface area contributed by atoms with Crippen LogP contribution in [-0.2, 0) is 4.79 Å². The number of para-hydroxylation sites is 1. The summed E-state index contributed by atoms with van der Waals surface area (Å²) in [6, 6.07) is 6.97. The molecule has 19 heavy (non-hydrogen) atoms. The Kier molecular flexibility index (Phi) is 4.27. The number of thioether (sulfide) groups is 1. The second-order valence-electron chi connectivity index (χ2n) is 3.98. The summed E-state index contributed by atoms with van der Waals surface area (Å²) in [5.74, 6) is 0.121. The molecular formula is C14H16N2O2S. The third-order valence-electron chi connectivity index (χ3n) is 2.72. The summed E-state index contributed by atoms with van der Waals surface area (Å²) in [7, 11) is 0. The van der Waals surface area contributed by atoms with Crippen LogP contribution in [0.15, 0.2) is 34.2 Å². The third-order valence-corrected chi connectivity index (χ3v) is 3.77. The van der Waals surface area contributed by atoms with E-state index in [0.717, 1.165) is 5.17 Å². The SMILES string of the molecule is CCN=C1S/C(=C\c2ccccc2O)C(=O)N1CC. The Hall–Kier alpha value is -1.75. The van der Waals surface area contributed by atoms with E-state index < -0.39 is 0 Å². The smallest absolute Gasteiger partial charge is 0.266 e. The van der Waals surface area contributed by atoms with Gasteiger partial charge in [0.15, 0.2) is 5.17 Å². The largest absolute Gasteiger partial charge is 0.507 e. The topological polar surface area (TPSA) is 52.9 Å². The lowest BCUT2D eigenvalue weighted by Gasteiger charge is -2.11. The highest BCUT2D eigenvalue weighted by Crippen LogP contribution is 2.33. The molecule has 0 radical (unpaired) electrons. The van der Waals surface area contributed by atoms with Crippen LogP contribution in [-0.4, -0.2) is 34.2 Å². The number of carbonyl (C=O) groups is 1. The molecule has 0 aromatic heterocycles. The Labute approximate surface area is 116 Å². The second-order valence-corrected chi connectivity index (χ2v) is 4.98. The third kappa shape index (κ3) is 2.81. The minimum atomic E-state index is -0.0528. The first-order chi connectivity index (χ1) is 9.17. The number of hydrogen-bond donors (Lipinski definition) is 1. The summed E-state index contributed by atoms with van der Waals surface area (Å²) in [5, 5.41) is 10.5. The summed E-state index contributed by atoms with van der Waals surface area (Å²) in [6.07, 6.45) is 1.71. The van der Waals surface area contributed by atoms with E-state index in [1.165, 1.54) is 11.8 Å². The van der Waals surface area contributed by atoms with Crippen LogP contribution in [0.5, 0.6) is 5.75 Å². The van der Waals surface area contributed by atoms with Gasteiger partial charge in [-0.05, 0) is 37.8 Å². The average Bonchev–Trinajstić information content (AvgIpc) is 2.69. The average molecular weight is 276 g/mol. The summed E-state index contributed by atoms with van der Waals surface area (Å²) in [4.78, 5) is 18.8. The highest BCUT2D eigenvalue weighted by atomic mass is 32.2. The van der Waals surface area contributed by atoms with E-state index in [0.29, 0.717) is 23.6 Å². The van der Waals surface area contributed by atoms with Gasteiger partial charge >= 0.3 is 0 Å². The van der Waals surface area contributed by atoms with E-state index in [4.69, 9.17) is 0 Å². The molecule has 1 fully saturated rings. The number of aliphatic imine (C=N–C) groups is 1. The van der Waals surface area contributed by atoms with Gasteiger partial charge in [-0.15, -0.1) is 0 Å². The maximum Gasteiger partial charge on any atom is 0.266 e. The standard InChI is InChI=1S/C14H16N2O2S/c1-3-15-14-16(4-2)13(18)12(19-14)9-10-7-5-6-8-11(10)17/h5-9,17H,3-4H2,1-2H3/b12-9-,15-14?. The lowest BCUT2D eigenvalue weighted by molar-refractivity contribution is -0.122. The van der Waals surface area contributed by atoms with Crippen LogP contribution in [0.3, 0.4) is 0 Å². The molecule has 1 aliphatic heterocycles. The zero-order valence-electron chi connectivity index (χ0n) is 11.0. The van der Waals surface area contributed by atoms with Crippen LogP contribution in [0.2, 0.25) is 0 Å². The first-order valence-corrected chi connectivity index (χ1v) is 7.02. The van der Waals surface area contributed by atoms with Gasteiger partial charge in [0.2, 0.25) is 0 Å². The van der Waals surface area contributed by atoms with Crippen molar-refractivity contribution in [2.24, 2.45) is 4.99 Å². The molecule has 1 aromatic rings. The summed E-state index contributed by atoms with van der Waals surface area (Å²) >= 11 is 1.36. The lowest BCUT2D eigenvalue weighted by atomic mass is 10.2.